The largest absolute Gasteiger partial charge is 0.466 e. The van der Waals surface area contributed by atoms with Crippen molar-refractivity contribution >= 4 is 23.4 Å². The van der Waals surface area contributed by atoms with Crippen LogP contribution < -0.4 is 0 Å². The van der Waals surface area contributed by atoms with Crippen LogP contribution in [-0.2, 0) is 19.1 Å². The highest BCUT2D eigenvalue weighted by atomic mass is 32.2. The molecular weight excluding hydrogens is 364 g/mol. The van der Waals surface area contributed by atoms with Gasteiger partial charge in [0.05, 0.1) is 32.0 Å². The van der Waals surface area contributed by atoms with Crippen LogP contribution in [0.15, 0.2) is 34.3 Å². The van der Waals surface area contributed by atoms with E-state index in [2.05, 4.69) is 47.5 Å². The summed E-state index contributed by atoms with van der Waals surface area (Å²) in [6.45, 7) is 8.01. The molecule has 0 aliphatic carbocycles. The second-order valence-corrected chi connectivity index (χ2v) is 7.24. The third kappa shape index (κ3) is 7.52. The van der Waals surface area contributed by atoms with Crippen molar-refractivity contribution in [3.63, 3.8) is 0 Å². The Bertz CT molecular complexity index is 601. The smallest absolute Gasteiger partial charge is 0.309 e. The van der Waals surface area contributed by atoms with E-state index in [4.69, 9.17) is 14.3 Å². The van der Waals surface area contributed by atoms with E-state index in [1.54, 1.807) is 18.7 Å². The highest BCUT2D eigenvalue weighted by molar-refractivity contribution is 7.98. The van der Waals surface area contributed by atoms with Gasteiger partial charge in [0.15, 0.2) is 0 Å². The Labute approximate surface area is 166 Å². The first-order valence-corrected chi connectivity index (χ1v) is 10.7. The van der Waals surface area contributed by atoms with Crippen LogP contribution in [0.3, 0.4) is 0 Å². The van der Waals surface area contributed by atoms with Gasteiger partial charge in [0, 0.05) is 30.4 Å². The fourth-order valence-electron chi connectivity index (χ4n) is 2.90. The van der Waals surface area contributed by atoms with Crippen LogP contribution in [0.1, 0.15) is 32.3 Å². The van der Waals surface area contributed by atoms with Crippen molar-refractivity contribution in [1.82, 2.24) is 4.90 Å². The van der Waals surface area contributed by atoms with Gasteiger partial charge in [-0.2, -0.15) is 0 Å². The highest BCUT2D eigenvalue weighted by Crippen LogP contribution is 2.18. The Kier molecular flexibility index (Phi) is 9.66. The van der Waals surface area contributed by atoms with E-state index in [1.165, 1.54) is 4.90 Å². The van der Waals surface area contributed by atoms with Crippen molar-refractivity contribution in [3.05, 3.63) is 29.8 Å². The molecule has 1 unspecified atom stereocenters. The number of esters is 1. The van der Waals surface area contributed by atoms with Gasteiger partial charge in [-0.1, -0.05) is 17.3 Å². The van der Waals surface area contributed by atoms with Crippen LogP contribution >= 0.6 is 11.8 Å². The number of morpholine rings is 1. The number of rotatable bonds is 10. The van der Waals surface area contributed by atoms with Crippen molar-refractivity contribution in [1.29, 1.82) is 0 Å². The maximum absolute atomic E-state index is 11.4. The second kappa shape index (κ2) is 12.0. The van der Waals surface area contributed by atoms with E-state index in [-0.39, 0.29) is 19.0 Å². The molecule has 1 fully saturated rings. The molecule has 0 amide bonds. The Morgan fingerprint density at radius 3 is 2.63 bits per heavy atom. The molecule has 1 atom stereocenters. The van der Waals surface area contributed by atoms with E-state index in [0.29, 0.717) is 12.6 Å². The van der Waals surface area contributed by atoms with Crippen LogP contribution in [0.4, 0.5) is 0 Å². The van der Waals surface area contributed by atoms with Crippen molar-refractivity contribution in [2.24, 2.45) is 5.16 Å². The Morgan fingerprint density at radius 1 is 1.30 bits per heavy atom. The van der Waals surface area contributed by atoms with Crippen LogP contribution in [-0.4, -0.2) is 68.4 Å². The first kappa shape index (κ1) is 21.7. The monoisotopic (exact) mass is 394 g/mol. The normalized spacial score (nSPS) is 16.8. The summed E-state index contributed by atoms with van der Waals surface area (Å²) in [7, 11) is 0. The van der Waals surface area contributed by atoms with Gasteiger partial charge < -0.3 is 14.3 Å². The molecule has 1 aromatic carbocycles. The average molecular weight is 395 g/mol. The molecule has 27 heavy (non-hydrogen) atoms. The molecule has 0 saturated carbocycles. The standard InChI is InChI=1S/C20H30N2O4S/c1-4-25-20(23)9-12-26-21-19(17-5-7-18(27-3)8-6-17)15-16(2)22-10-13-24-14-11-22/h5-8,16H,4,9-15H2,1-3H3. The number of benzene rings is 1. The molecule has 2 rings (SSSR count). The first-order chi connectivity index (χ1) is 13.1. The van der Waals surface area contributed by atoms with Gasteiger partial charge in [-0.3, -0.25) is 9.69 Å². The third-order valence-corrected chi connectivity index (χ3v) is 5.20. The van der Waals surface area contributed by atoms with Crippen LogP contribution in [0.25, 0.3) is 0 Å². The zero-order valence-electron chi connectivity index (χ0n) is 16.5. The van der Waals surface area contributed by atoms with Crippen molar-refractivity contribution in [2.75, 3.05) is 45.8 Å². The van der Waals surface area contributed by atoms with Gasteiger partial charge >= 0.3 is 5.97 Å². The molecule has 7 heteroatoms. The zero-order chi connectivity index (χ0) is 19.5. The average Bonchev–Trinajstić information content (AvgIpc) is 2.71. The number of hydrogen-bond donors (Lipinski definition) is 0. The summed E-state index contributed by atoms with van der Waals surface area (Å²) in [5, 5.41) is 4.36. The molecule has 1 aromatic rings. The minimum atomic E-state index is -0.264. The maximum atomic E-state index is 11.4. The highest BCUT2D eigenvalue weighted by Gasteiger charge is 2.20. The Hall–Kier alpha value is -1.57. The minimum absolute atomic E-state index is 0.203. The zero-order valence-corrected chi connectivity index (χ0v) is 17.3. The number of carbonyl (C=O) groups excluding carboxylic acids is 1. The lowest BCUT2D eigenvalue weighted by Gasteiger charge is -2.32. The van der Waals surface area contributed by atoms with E-state index in [0.717, 1.165) is 44.0 Å². The van der Waals surface area contributed by atoms with Gasteiger partial charge in [-0.25, -0.2) is 0 Å². The maximum Gasteiger partial charge on any atom is 0.309 e. The Morgan fingerprint density at radius 2 is 2.00 bits per heavy atom. The van der Waals surface area contributed by atoms with Gasteiger partial charge in [0.1, 0.15) is 6.61 Å². The van der Waals surface area contributed by atoms with Crippen molar-refractivity contribution in [3.8, 4) is 0 Å². The van der Waals surface area contributed by atoms with E-state index >= 15 is 0 Å². The van der Waals surface area contributed by atoms with Crippen LogP contribution in [0, 0.1) is 0 Å². The summed E-state index contributed by atoms with van der Waals surface area (Å²) in [5.74, 6) is -0.264. The van der Waals surface area contributed by atoms with Crippen molar-refractivity contribution < 1.29 is 19.1 Å². The number of thioether (sulfide) groups is 1. The van der Waals surface area contributed by atoms with Gasteiger partial charge in [-0.15, -0.1) is 11.8 Å². The number of hydrogen-bond acceptors (Lipinski definition) is 7. The molecule has 150 valence electrons. The van der Waals surface area contributed by atoms with E-state index in [9.17, 15) is 4.79 Å². The summed E-state index contributed by atoms with van der Waals surface area (Å²) < 4.78 is 10.4. The summed E-state index contributed by atoms with van der Waals surface area (Å²) in [6.07, 6.45) is 3.04. The lowest BCUT2D eigenvalue weighted by Crippen LogP contribution is -2.43. The molecule has 0 N–H and O–H groups in total. The molecule has 0 radical (unpaired) electrons. The van der Waals surface area contributed by atoms with Gasteiger partial charge in [0.25, 0.3) is 0 Å². The minimum Gasteiger partial charge on any atom is -0.466 e. The molecule has 6 nitrogen and oxygen atoms in total. The number of carbonyl (C=O) groups is 1. The first-order valence-electron chi connectivity index (χ1n) is 9.44. The molecule has 0 aromatic heterocycles. The summed E-state index contributed by atoms with van der Waals surface area (Å²) >= 11 is 1.71. The predicted octanol–water partition coefficient (Wildman–Crippen LogP) is 3.19. The summed E-state index contributed by atoms with van der Waals surface area (Å²) in [6, 6.07) is 8.67. The lowest BCUT2D eigenvalue weighted by molar-refractivity contribution is -0.144. The molecule has 1 saturated heterocycles. The second-order valence-electron chi connectivity index (χ2n) is 6.36. The summed E-state index contributed by atoms with van der Waals surface area (Å²) in [4.78, 5) is 20.5. The number of oxime groups is 1. The fraction of sp³-hybridized carbons (Fsp3) is 0.600. The van der Waals surface area contributed by atoms with Crippen LogP contribution in [0.5, 0.6) is 0 Å². The fourth-order valence-corrected chi connectivity index (χ4v) is 3.31. The van der Waals surface area contributed by atoms with Crippen LogP contribution in [0.2, 0.25) is 0 Å². The van der Waals surface area contributed by atoms with Gasteiger partial charge in [0.2, 0.25) is 0 Å². The van der Waals surface area contributed by atoms with Gasteiger partial charge in [-0.05, 0) is 37.8 Å². The van der Waals surface area contributed by atoms with E-state index < -0.39 is 0 Å². The van der Waals surface area contributed by atoms with E-state index in [1.807, 2.05) is 0 Å². The molecule has 1 heterocycles. The SMILES string of the molecule is CCOC(=O)CCON=C(CC(C)N1CCOCC1)c1ccc(SC)cc1. The molecule has 0 bridgehead atoms. The predicted molar refractivity (Wildman–Crippen MR) is 108 cm³/mol. The quantitative estimate of drug-likeness (QED) is 0.200. The lowest BCUT2D eigenvalue weighted by atomic mass is 10.0. The number of ether oxygens (including phenoxy) is 2. The molecular formula is C20H30N2O4S. The molecule has 0 spiro atoms. The topological polar surface area (TPSA) is 60.4 Å². The molecule has 1 aliphatic rings. The Balaban J connectivity index is 2.02. The number of nitrogens with zero attached hydrogens (tertiary/aromatic N) is 2. The third-order valence-electron chi connectivity index (χ3n) is 4.46. The van der Waals surface area contributed by atoms with Crippen molar-refractivity contribution in [2.45, 2.75) is 37.6 Å². The molecule has 1 aliphatic heterocycles. The summed E-state index contributed by atoms with van der Waals surface area (Å²) in [5.41, 5.74) is 1.94.